The first kappa shape index (κ1) is 25.0. The van der Waals surface area contributed by atoms with Crippen LogP contribution in [0.15, 0.2) is 23.0 Å². The second-order valence-electron chi connectivity index (χ2n) is 14.5. The van der Waals surface area contributed by atoms with Crippen LogP contribution in [0.1, 0.15) is 97.5 Å². The van der Waals surface area contributed by atoms with E-state index in [0.29, 0.717) is 24.4 Å². The monoisotopic (exact) mass is 488 g/mol. The Hall–Kier alpha value is -0.623. The van der Waals surface area contributed by atoms with Gasteiger partial charge in [0.15, 0.2) is 8.32 Å². The van der Waals surface area contributed by atoms with Crippen LogP contribution in [-0.4, -0.2) is 36.3 Å². The van der Waals surface area contributed by atoms with Gasteiger partial charge in [0.2, 0.25) is 0 Å². The van der Waals surface area contributed by atoms with E-state index in [1.54, 1.807) is 12.5 Å². The molecule has 1 aromatic heterocycles. The van der Waals surface area contributed by atoms with E-state index >= 15 is 0 Å². The molecule has 0 spiro atoms. The molecule has 4 nitrogen and oxygen atoms in total. The van der Waals surface area contributed by atoms with Crippen LogP contribution in [-0.2, 0) is 4.43 Å². The SMILES string of the molecule is CC(C)(C)[Si](C)(C)O[C@H]1CC[C@@]2(C)[C@H](CC[C@@H]3[C@@H]2CC[C@]2(C)[C@@H](c4ccoc4)[C@@H](O)C[C@]32O)C1. The Kier molecular flexibility index (Phi) is 5.85. The fourth-order valence-electron chi connectivity index (χ4n) is 8.97. The van der Waals surface area contributed by atoms with Crippen molar-refractivity contribution in [3.05, 3.63) is 24.2 Å². The van der Waals surface area contributed by atoms with E-state index < -0.39 is 20.0 Å². The summed E-state index contributed by atoms with van der Waals surface area (Å²) >= 11 is 0. The first-order valence-electron chi connectivity index (χ1n) is 13.8. The van der Waals surface area contributed by atoms with Crippen molar-refractivity contribution in [3.63, 3.8) is 0 Å². The highest BCUT2D eigenvalue weighted by Gasteiger charge is 2.69. The highest BCUT2D eigenvalue weighted by molar-refractivity contribution is 6.74. The van der Waals surface area contributed by atoms with Gasteiger partial charge in [-0.3, -0.25) is 0 Å². The molecule has 4 saturated carbocycles. The van der Waals surface area contributed by atoms with Gasteiger partial charge in [-0.15, -0.1) is 0 Å². The van der Waals surface area contributed by atoms with Crippen molar-refractivity contribution >= 4 is 8.32 Å². The molecule has 0 saturated heterocycles. The van der Waals surface area contributed by atoms with E-state index in [1.807, 2.05) is 6.07 Å². The van der Waals surface area contributed by atoms with Gasteiger partial charge >= 0.3 is 0 Å². The molecule has 0 aromatic carbocycles. The van der Waals surface area contributed by atoms with Crippen molar-refractivity contribution in [2.24, 2.45) is 28.6 Å². The Morgan fingerprint density at radius 3 is 2.44 bits per heavy atom. The van der Waals surface area contributed by atoms with Gasteiger partial charge in [0.1, 0.15) is 0 Å². The van der Waals surface area contributed by atoms with Crippen LogP contribution in [0.5, 0.6) is 0 Å². The normalized spacial score (nSPS) is 47.1. The zero-order valence-electron chi connectivity index (χ0n) is 22.6. The number of rotatable bonds is 3. The third-order valence-electron chi connectivity index (χ3n) is 12.0. The quantitative estimate of drug-likeness (QED) is 0.455. The predicted molar refractivity (Wildman–Crippen MR) is 138 cm³/mol. The van der Waals surface area contributed by atoms with Gasteiger partial charge in [-0.25, -0.2) is 0 Å². The summed E-state index contributed by atoms with van der Waals surface area (Å²) < 4.78 is 12.3. The highest BCUT2D eigenvalue weighted by Crippen LogP contribution is 2.70. The molecule has 9 atom stereocenters. The zero-order chi connectivity index (χ0) is 24.7. The molecule has 5 heteroatoms. The van der Waals surface area contributed by atoms with Crippen molar-refractivity contribution < 1.29 is 19.1 Å². The summed E-state index contributed by atoms with van der Waals surface area (Å²) in [6.45, 7) is 16.6. The summed E-state index contributed by atoms with van der Waals surface area (Å²) in [5.74, 6) is 1.45. The Labute approximate surface area is 208 Å². The van der Waals surface area contributed by atoms with Crippen molar-refractivity contribution in [1.82, 2.24) is 0 Å². The molecule has 4 aliphatic carbocycles. The van der Waals surface area contributed by atoms with Crippen LogP contribution in [0.25, 0.3) is 0 Å². The van der Waals surface area contributed by atoms with Crippen LogP contribution in [0.4, 0.5) is 0 Å². The van der Waals surface area contributed by atoms with E-state index in [-0.39, 0.29) is 27.7 Å². The molecule has 4 aliphatic rings. The van der Waals surface area contributed by atoms with Crippen LogP contribution in [0.3, 0.4) is 0 Å². The molecule has 2 N–H and O–H groups in total. The predicted octanol–water partition coefficient (Wildman–Crippen LogP) is 6.88. The smallest absolute Gasteiger partial charge is 0.192 e. The van der Waals surface area contributed by atoms with E-state index in [4.69, 9.17) is 8.84 Å². The van der Waals surface area contributed by atoms with Gasteiger partial charge in [0.25, 0.3) is 0 Å². The molecule has 34 heavy (non-hydrogen) atoms. The summed E-state index contributed by atoms with van der Waals surface area (Å²) in [7, 11) is -1.76. The number of hydrogen-bond donors (Lipinski definition) is 2. The standard InChI is InChI=1S/C29H48O4Si/c1-26(2,3)34(6,7)33-21-10-13-27(4)20(16-21)8-9-23-22(27)11-14-28(5)25(19-12-15-32-18-19)24(30)17-29(23,28)31/h12,15,18,20-25,30-31H,8-11,13-14,16-17H2,1-7H3/t20-,21+,22+,23-,24+,25+,27+,28-,29+/m1/s1. The molecule has 192 valence electrons. The second-order valence-corrected chi connectivity index (χ2v) is 19.2. The van der Waals surface area contributed by atoms with Gasteiger partial charge in [-0.05, 0) is 97.9 Å². The average molecular weight is 489 g/mol. The molecule has 0 radical (unpaired) electrons. The Bertz CT molecular complexity index is 890. The number of hydrogen-bond acceptors (Lipinski definition) is 4. The Balaban J connectivity index is 1.37. The van der Waals surface area contributed by atoms with E-state index in [0.717, 1.165) is 31.2 Å². The molecular formula is C29H48O4Si. The lowest BCUT2D eigenvalue weighted by atomic mass is 9.43. The van der Waals surface area contributed by atoms with Crippen LogP contribution in [0, 0.1) is 28.6 Å². The minimum atomic E-state index is -1.76. The summed E-state index contributed by atoms with van der Waals surface area (Å²) in [5.41, 5.74) is 0.210. The van der Waals surface area contributed by atoms with E-state index in [1.165, 1.54) is 19.3 Å². The van der Waals surface area contributed by atoms with Gasteiger partial charge in [-0.2, -0.15) is 0 Å². The maximum absolute atomic E-state index is 12.4. The first-order chi connectivity index (χ1) is 15.7. The minimum Gasteiger partial charge on any atom is -0.472 e. The van der Waals surface area contributed by atoms with Crippen molar-refractivity contribution in [2.75, 3.05) is 0 Å². The highest BCUT2D eigenvalue weighted by atomic mass is 28.4. The van der Waals surface area contributed by atoms with Gasteiger partial charge in [0.05, 0.1) is 24.2 Å². The topological polar surface area (TPSA) is 62.8 Å². The largest absolute Gasteiger partial charge is 0.472 e. The number of aliphatic hydroxyl groups is 2. The third kappa shape index (κ3) is 3.47. The lowest BCUT2D eigenvalue weighted by Crippen LogP contribution is -2.62. The molecule has 0 unspecified atom stereocenters. The molecular weight excluding hydrogens is 440 g/mol. The minimum absolute atomic E-state index is 0.0449. The fourth-order valence-corrected chi connectivity index (χ4v) is 10.4. The second kappa shape index (κ2) is 7.94. The van der Waals surface area contributed by atoms with Crippen LogP contribution in [0.2, 0.25) is 18.1 Å². The molecule has 4 fully saturated rings. The summed E-state index contributed by atoms with van der Waals surface area (Å²) in [4.78, 5) is 0. The maximum atomic E-state index is 12.4. The summed E-state index contributed by atoms with van der Waals surface area (Å²) in [6.07, 6.45) is 11.8. The lowest BCUT2D eigenvalue weighted by Gasteiger charge is -2.63. The molecule has 0 aliphatic heterocycles. The number of fused-ring (bicyclic) bond motifs is 5. The third-order valence-corrected chi connectivity index (χ3v) is 16.5. The molecule has 0 amide bonds. The van der Waals surface area contributed by atoms with Crippen LogP contribution < -0.4 is 0 Å². The first-order valence-corrected chi connectivity index (χ1v) is 16.7. The van der Waals surface area contributed by atoms with E-state index in [2.05, 4.69) is 47.7 Å². The molecule has 0 bridgehead atoms. The summed E-state index contributed by atoms with van der Waals surface area (Å²) in [5, 5.41) is 23.8. The number of aliphatic hydroxyl groups excluding tert-OH is 1. The van der Waals surface area contributed by atoms with Gasteiger partial charge in [0, 0.05) is 23.9 Å². The zero-order valence-corrected chi connectivity index (χ0v) is 23.6. The Morgan fingerprint density at radius 1 is 1.06 bits per heavy atom. The number of furan rings is 1. The molecule has 1 aromatic rings. The Morgan fingerprint density at radius 2 is 1.79 bits per heavy atom. The van der Waals surface area contributed by atoms with E-state index in [9.17, 15) is 10.2 Å². The lowest BCUT2D eigenvalue weighted by molar-refractivity contribution is -0.205. The van der Waals surface area contributed by atoms with Crippen LogP contribution >= 0.6 is 0 Å². The molecule has 1 heterocycles. The molecule has 5 rings (SSSR count). The fraction of sp³-hybridized carbons (Fsp3) is 0.862. The van der Waals surface area contributed by atoms with Crippen molar-refractivity contribution in [3.8, 4) is 0 Å². The summed E-state index contributed by atoms with van der Waals surface area (Å²) in [6, 6.07) is 1.98. The van der Waals surface area contributed by atoms with Gasteiger partial charge in [-0.1, -0.05) is 34.6 Å². The van der Waals surface area contributed by atoms with Gasteiger partial charge < -0.3 is 19.1 Å². The van der Waals surface area contributed by atoms with Crippen molar-refractivity contribution in [1.29, 1.82) is 0 Å². The maximum Gasteiger partial charge on any atom is 0.192 e. The van der Waals surface area contributed by atoms with Crippen molar-refractivity contribution in [2.45, 2.75) is 128 Å². The average Bonchev–Trinajstić information content (AvgIpc) is 3.30.